The Kier molecular flexibility index (Phi) is 5.25. The molecule has 0 saturated carbocycles. The minimum Gasteiger partial charge on any atom is -0.396 e. The van der Waals surface area contributed by atoms with Gasteiger partial charge in [0.2, 0.25) is 0 Å². The van der Waals surface area contributed by atoms with Crippen LogP contribution in [0.25, 0.3) is 11.0 Å². The van der Waals surface area contributed by atoms with Crippen molar-refractivity contribution in [3.8, 4) is 0 Å². The van der Waals surface area contributed by atoms with Crippen molar-refractivity contribution in [2.45, 2.75) is 33.4 Å². The molecule has 0 aliphatic rings. The van der Waals surface area contributed by atoms with Crippen LogP contribution >= 0.6 is 0 Å². The van der Waals surface area contributed by atoms with Gasteiger partial charge in [0, 0.05) is 25.3 Å². The molecule has 6 heteroatoms. The van der Waals surface area contributed by atoms with Gasteiger partial charge in [0.05, 0.1) is 17.6 Å². The number of nitrogens with zero attached hydrogens (tertiary/aromatic N) is 3. The summed E-state index contributed by atoms with van der Waals surface area (Å²) in [5, 5.41) is 9.02. The molecule has 0 aliphatic carbocycles. The van der Waals surface area contributed by atoms with Crippen molar-refractivity contribution in [1.82, 2.24) is 14.5 Å². The molecule has 1 N–H and O–H groups in total. The molecule has 2 aromatic rings. The minimum atomic E-state index is -0.885. The number of aliphatic hydroxyl groups excluding tert-OH is 1. The van der Waals surface area contributed by atoms with E-state index in [0.717, 1.165) is 25.0 Å². The highest BCUT2D eigenvalue weighted by molar-refractivity contribution is 5.76. The van der Waals surface area contributed by atoms with Gasteiger partial charge >= 0.3 is 0 Å². The molecular formula is C15H21F2N3O. The van der Waals surface area contributed by atoms with E-state index in [2.05, 4.69) is 23.7 Å². The molecule has 4 nitrogen and oxygen atoms in total. The zero-order valence-electron chi connectivity index (χ0n) is 12.4. The highest BCUT2D eigenvalue weighted by Gasteiger charge is 2.15. The van der Waals surface area contributed by atoms with Crippen LogP contribution in [0.4, 0.5) is 8.78 Å². The largest absolute Gasteiger partial charge is 0.396 e. The van der Waals surface area contributed by atoms with E-state index < -0.39 is 11.6 Å². The molecule has 0 aliphatic heterocycles. The van der Waals surface area contributed by atoms with Crippen molar-refractivity contribution < 1.29 is 13.9 Å². The van der Waals surface area contributed by atoms with Crippen molar-refractivity contribution in [1.29, 1.82) is 0 Å². The lowest BCUT2D eigenvalue weighted by molar-refractivity contribution is 0.269. The molecule has 1 heterocycles. The Morgan fingerprint density at radius 1 is 1.19 bits per heavy atom. The first-order chi connectivity index (χ1) is 10.1. The summed E-state index contributed by atoms with van der Waals surface area (Å²) >= 11 is 0. The number of benzene rings is 1. The second kappa shape index (κ2) is 6.95. The van der Waals surface area contributed by atoms with Gasteiger partial charge in [-0.05, 0) is 19.5 Å². The van der Waals surface area contributed by atoms with Gasteiger partial charge in [-0.2, -0.15) is 0 Å². The summed E-state index contributed by atoms with van der Waals surface area (Å²) in [6.07, 6.45) is 0.551. The van der Waals surface area contributed by atoms with Crippen molar-refractivity contribution >= 4 is 11.0 Å². The van der Waals surface area contributed by atoms with Crippen LogP contribution in [0.5, 0.6) is 0 Å². The quantitative estimate of drug-likeness (QED) is 0.854. The van der Waals surface area contributed by atoms with Crippen molar-refractivity contribution in [2.24, 2.45) is 0 Å². The van der Waals surface area contributed by atoms with E-state index in [9.17, 15) is 8.78 Å². The molecule has 0 saturated heterocycles. The lowest BCUT2D eigenvalue weighted by Crippen LogP contribution is -2.24. The van der Waals surface area contributed by atoms with E-state index in [-0.39, 0.29) is 6.61 Å². The zero-order valence-corrected chi connectivity index (χ0v) is 12.4. The lowest BCUT2D eigenvalue weighted by Gasteiger charge is -2.18. The monoisotopic (exact) mass is 297 g/mol. The maximum atomic E-state index is 13.5. The van der Waals surface area contributed by atoms with Gasteiger partial charge in [-0.1, -0.05) is 13.8 Å². The Morgan fingerprint density at radius 2 is 1.86 bits per heavy atom. The molecule has 0 radical (unpaired) electrons. The van der Waals surface area contributed by atoms with Crippen LogP contribution < -0.4 is 0 Å². The van der Waals surface area contributed by atoms with Gasteiger partial charge in [-0.15, -0.1) is 0 Å². The SMILES string of the molecule is CCN(CC)Cc1nc2cc(F)c(F)cc2n1CCCO. The summed E-state index contributed by atoms with van der Waals surface area (Å²) in [4.78, 5) is 6.62. The standard InChI is InChI=1S/C15H21F2N3O/c1-3-19(4-2)10-15-18-13-8-11(16)12(17)9-14(13)20(15)6-5-7-21/h8-9,21H,3-7,10H2,1-2H3. The van der Waals surface area contributed by atoms with Gasteiger partial charge in [-0.25, -0.2) is 13.8 Å². The summed E-state index contributed by atoms with van der Waals surface area (Å²) in [7, 11) is 0. The molecular weight excluding hydrogens is 276 g/mol. The van der Waals surface area contributed by atoms with Crippen LogP contribution in [0.15, 0.2) is 12.1 Å². The average molecular weight is 297 g/mol. The second-order valence-electron chi connectivity index (χ2n) is 4.97. The van der Waals surface area contributed by atoms with E-state index in [0.29, 0.717) is 30.5 Å². The number of aryl methyl sites for hydroxylation is 1. The second-order valence-corrected chi connectivity index (χ2v) is 4.97. The van der Waals surface area contributed by atoms with Crippen LogP contribution in [0.1, 0.15) is 26.1 Å². The van der Waals surface area contributed by atoms with E-state index in [4.69, 9.17) is 5.11 Å². The summed E-state index contributed by atoms with van der Waals surface area (Å²) < 4.78 is 28.7. The van der Waals surface area contributed by atoms with Gasteiger partial charge in [0.1, 0.15) is 5.82 Å². The molecule has 0 spiro atoms. The topological polar surface area (TPSA) is 41.3 Å². The Morgan fingerprint density at radius 3 is 2.48 bits per heavy atom. The zero-order chi connectivity index (χ0) is 15.4. The summed E-state index contributed by atoms with van der Waals surface area (Å²) in [6.45, 7) is 7.08. The molecule has 0 fully saturated rings. The summed E-state index contributed by atoms with van der Waals surface area (Å²) in [5.41, 5.74) is 1.03. The summed E-state index contributed by atoms with van der Waals surface area (Å²) in [6, 6.07) is 2.31. The number of aliphatic hydroxyl groups is 1. The smallest absolute Gasteiger partial charge is 0.161 e. The van der Waals surface area contributed by atoms with Crippen molar-refractivity contribution in [2.75, 3.05) is 19.7 Å². The van der Waals surface area contributed by atoms with E-state index in [1.807, 2.05) is 4.57 Å². The first-order valence-corrected chi connectivity index (χ1v) is 7.28. The first kappa shape index (κ1) is 15.9. The fraction of sp³-hybridized carbons (Fsp3) is 0.533. The van der Waals surface area contributed by atoms with Gasteiger partial charge < -0.3 is 9.67 Å². The Balaban J connectivity index is 2.46. The number of imidazole rings is 1. The molecule has 0 bridgehead atoms. The third-order valence-corrected chi connectivity index (χ3v) is 3.67. The Labute approximate surface area is 123 Å². The van der Waals surface area contributed by atoms with Crippen LogP contribution in [-0.4, -0.2) is 39.3 Å². The number of hydrogen-bond donors (Lipinski definition) is 1. The normalized spacial score (nSPS) is 11.7. The fourth-order valence-electron chi connectivity index (χ4n) is 2.42. The van der Waals surface area contributed by atoms with E-state index >= 15 is 0 Å². The molecule has 0 atom stereocenters. The Hall–Kier alpha value is -1.53. The minimum absolute atomic E-state index is 0.0497. The van der Waals surface area contributed by atoms with Gasteiger partial charge in [-0.3, -0.25) is 4.90 Å². The van der Waals surface area contributed by atoms with Gasteiger partial charge in [0.15, 0.2) is 11.6 Å². The Bertz CT molecular complexity index is 608. The lowest BCUT2D eigenvalue weighted by atomic mass is 10.3. The van der Waals surface area contributed by atoms with Crippen LogP contribution in [0, 0.1) is 11.6 Å². The number of halogens is 2. The average Bonchev–Trinajstić information content (AvgIpc) is 2.79. The molecule has 0 amide bonds. The van der Waals surface area contributed by atoms with E-state index in [1.54, 1.807) is 0 Å². The third kappa shape index (κ3) is 3.39. The maximum absolute atomic E-state index is 13.5. The number of fused-ring (bicyclic) bond motifs is 1. The molecule has 1 aromatic heterocycles. The molecule has 21 heavy (non-hydrogen) atoms. The highest BCUT2D eigenvalue weighted by Crippen LogP contribution is 2.21. The van der Waals surface area contributed by atoms with Crippen LogP contribution in [0.3, 0.4) is 0 Å². The maximum Gasteiger partial charge on any atom is 0.161 e. The van der Waals surface area contributed by atoms with Gasteiger partial charge in [0.25, 0.3) is 0 Å². The molecule has 2 rings (SSSR count). The highest BCUT2D eigenvalue weighted by atomic mass is 19.2. The molecule has 0 unspecified atom stereocenters. The predicted molar refractivity (Wildman–Crippen MR) is 78.0 cm³/mol. The fourth-order valence-corrected chi connectivity index (χ4v) is 2.42. The molecule has 1 aromatic carbocycles. The number of aromatic nitrogens is 2. The summed E-state index contributed by atoms with van der Waals surface area (Å²) in [5.74, 6) is -0.988. The first-order valence-electron chi connectivity index (χ1n) is 7.28. The number of rotatable bonds is 7. The van der Waals surface area contributed by atoms with E-state index in [1.165, 1.54) is 6.07 Å². The predicted octanol–water partition coefficient (Wildman–Crippen LogP) is 2.54. The molecule has 116 valence electrons. The number of hydrogen-bond acceptors (Lipinski definition) is 3. The van der Waals surface area contributed by atoms with Crippen molar-refractivity contribution in [3.05, 3.63) is 29.6 Å². The third-order valence-electron chi connectivity index (χ3n) is 3.67. The van der Waals surface area contributed by atoms with Crippen molar-refractivity contribution in [3.63, 3.8) is 0 Å². The van der Waals surface area contributed by atoms with Crippen LogP contribution in [-0.2, 0) is 13.1 Å². The van der Waals surface area contributed by atoms with Crippen LogP contribution in [0.2, 0.25) is 0 Å².